The molecule has 1 aliphatic rings. The lowest BCUT2D eigenvalue weighted by Crippen LogP contribution is -2.52. The second kappa shape index (κ2) is 5.86. The van der Waals surface area contributed by atoms with Gasteiger partial charge in [0.05, 0.1) is 11.9 Å². The molecule has 1 fully saturated rings. The van der Waals surface area contributed by atoms with Gasteiger partial charge in [-0.1, -0.05) is 20.8 Å². The standard InChI is InChI=1S/C16H29N3O/c1-15(2,3)14(11-19-8-7-17-12-19)18-13-6-9-20-16(4,5)10-13/h7-8,12-14,18H,6,9-11H2,1-5H3. The maximum absolute atomic E-state index is 5.81. The molecule has 20 heavy (non-hydrogen) atoms. The van der Waals surface area contributed by atoms with Crippen LogP contribution in [0.25, 0.3) is 0 Å². The highest BCUT2D eigenvalue weighted by Gasteiger charge is 2.33. The highest BCUT2D eigenvalue weighted by molar-refractivity contribution is 4.90. The van der Waals surface area contributed by atoms with Crippen molar-refractivity contribution >= 4 is 0 Å². The zero-order valence-corrected chi connectivity index (χ0v) is 13.5. The number of hydrogen-bond donors (Lipinski definition) is 1. The summed E-state index contributed by atoms with van der Waals surface area (Å²) in [5.74, 6) is 0. The second-order valence-electron chi connectivity index (χ2n) is 7.64. The molecule has 0 aromatic carbocycles. The van der Waals surface area contributed by atoms with Crippen molar-refractivity contribution in [2.45, 2.75) is 71.7 Å². The first-order valence-electron chi connectivity index (χ1n) is 7.62. The fraction of sp³-hybridized carbons (Fsp3) is 0.812. The summed E-state index contributed by atoms with van der Waals surface area (Å²) in [5.41, 5.74) is 0.208. The number of ether oxygens (including phenoxy) is 1. The van der Waals surface area contributed by atoms with Crippen LogP contribution in [0.15, 0.2) is 18.7 Å². The molecule has 0 bridgehead atoms. The summed E-state index contributed by atoms with van der Waals surface area (Å²) in [6.07, 6.45) is 7.95. The van der Waals surface area contributed by atoms with Crippen molar-refractivity contribution in [1.29, 1.82) is 0 Å². The Morgan fingerprint density at radius 3 is 2.75 bits per heavy atom. The van der Waals surface area contributed by atoms with Crippen molar-refractivity contribution < 1.29 is 4.74 Å². The molecule has 0 radical (unpaired) electrons. The molecule has 0 saturated carbocycles. The third kappa shape index (κ3) is 4.32. The maximum atomic E-state index is 5.81. The Morgan fingerprint density at radius 1 is 1.45 bits per heavy atom. The summed E-state index contributed by atoms with van der Waals surface area (Å²) in [4.78, 5) is 4.14. The van der Waals surface area contributed by atoms with E-state index in [0.29, 0.717) is 12.1 Å². The van der Waals surface area contributed by atoms with Crippen LogP contribution in [0.3, 0.4) is 0 Å². The largest absolute Gasteiger partial charge is 0.375 e. The van der Waals surface area contributed by atoms with E-state index >= 15 is 0 Å². The molecule has 2 heterocycles. The molecule has 4 heteroatoms. The van der Waals surface area contributed by atoms with Crippen molar-refractivity contribution in [3.63, 3.8) is 0 Å². The Labute approximate surface area is 122 Å². The first-order valence-corrected chi connectivity index (χ1v) is 7.62. The van der Waals surface area contributed by atoms with Gasteiger partial charge in [0, 0.05) is 37.6 Å². The first-order chi connectivity index (χ1) is 9.26. The van der Waals surface area contributed by atoms with Gasteiger partial charge in [-0.05, 0) is 32.1 Å². The summed E-state index contributed by atoms with van der Waals surface area (Å²) in [6, 6.07) is 0.960. The van der Waals surface area contributed by atoms with Gasteiger partial charge in [-0.15, -0.1) is 0 Å². The summed E-state index contributed by atoms with van der Waals surface area (Å²) >= 11 is 0. The Kier molecular flexibility index (Phi) is 4.55. The minimum Gasteiger partial charge on any atom is -0.375 e. The van der Waals surface area contributed by atoms with E-state index in [2.05, 4.69) is 49.5 Å². The highest BCUT2D eigenvalue weighted by atomic mass is 16.5. The van der Waals surface area contributed by atoms with Gasteiger partial charge in [0.15, 0.2) is 0 Å². The molecule has 1 aliphatic heterocycles. The van der Waals surface area contributed by atoms with Crippen LogP contribution in [0.1, 0.15) is 47.5 Å². The van der Waals surface area contributed by atoms with Crippen LogP contribution in [0.2, 0.25) is 0 Å². The van der Waals surface area contributed by atoms with Gasteiger partial charge in [-0.3, -0.25) is 0 Å². The minimum absolute atomic E-state index is 0.00659. The lowest BCUT2D eigenvalue weighted by atomic mass is 9.84. The molecule has 1 N–H and O–H groups in total. The first kappa shape index (κ1) is 15.5. The molecular formula is C16H29N3O. The van der Waals surface area contributed by atoms with Crippen LogP contribution in [-0.4, -0.2) is 33.8 Å². The van der Waals surface area contributed by atoms with Crippen LogP contribution in [-0.2, 0) is 11.3 Å². The lowest BCUT2D eigenvalue weighted by Gasteiger charge is -2.41. The zero-order chi connectivity index (χ0) is 14.8. The zero-order valence-electron chi connectivity index (χ0n) is 13.5. The van der Waals surface area contributed by atoms with Gasteiger partial charge >= 0.3 is 0 Å². The van der Waals surface area contributed by atoms with Gasteiger partial charge in [-0.2, -0.15) is 0 Å². The molecule has 2 atom stereocenters. The second-order valence-corrected chi connectivity index (χ2v) is 7.64. The van der Waals surface area contributed by atoms with E-state index in [9.17, 15) is 0 Å². The van der Waals surface area contributed by atoms with E-state index in [-0.39, 0.29) is 11.0 Å². The van der Waals surface area contributed by atoms with Crippen molar-refractivity contribution in [3.8, 4) is 0 Å². The number of nitrogens with zero attached hydrogens (tertiary/aromatic N) is 2. The van der Waals surface area contributed by atoms with Gasteiger partial charge < -0.3 is 14.6 Å². The third-order valence-corrected chi connectivity index (χ3v) is 4.13. The predicted octanol–water partition coefficient (Wildman–Crippen LogP) is 2.85. The molecule has 2 unspecified atom stereocenters. The number of nitrogens with one attached hydrogen (secondary N) is 1. The van der Waals surface area contributed by atoms with Crippen molar-refractivity contribution in [1.82, 2.24) is 14.9 Å². The SMILES string of the molecule is CC1(C)CC(NC(Cn2ccnc2)C(C)(C)C)CCO1. The predicted molar refractivity (Wildman–Crippen MR) is 81.7 cm³/mol. The quantitative estimate of drug-likeness (QED) is 0.921. The Balaban J connectivity index is 2.01. The van der Waals surface area contributed by atoms with E-state index in [0.717, 1.165) is 26.0 Å². The van der Waals surface area contributed by atoms with Gasteiger partial charge in [0.2, 0.25) is 0 Å². The monoisotopic (exact) mass is 279 g/mol. The highest BCUT2D eigenvalue weighted by Crippen LogP contribution is 2.27. The molecule has 1 aromatic rings. The molecule has 4 nitrogen and oxygen atoms in total. The molecular weight excluding hydrogens is 250 g/mol. The van der Waals surface area contributed by atoms with Crippen molar-refractivity contribution in [2.24, 2.45) is 5.41 Å². The average molecular weight is 279 g/mol. The number of imidazole rings is 1. The Morgan fingerprint density at radius 2 is 2.20 bits per heavy atom. The molecule has 0 amide bonds. The van der Waals surface area contributed by atoms with Gasteiger partial charge in [0.1, 0.15) is 0 Å². The Bertz CT molecular complexity index is 406. The van der Waals surface area contributed by atoms with E-state index in [1.807, 2.05) is 18.7 Å². The molecule has 0 aliphatic carbocycles. The van der Waals surface area contributed by atoms with Crippen LogP contribution in [0, 0.1) is 5.41 Å². The van der Waals surface area contributed by atoms with Crippen molar-refractivity contribution in [3.05, 3.63) is 18.7 Å². The number of hydrogen-bond acceptors (Lipinski definition) is 3. The normalized spacial score (nSPS) is 24.6. The number of rotatable bonds is 4. The number of aromatic nitrogens is 2. The molecule has 0 spiro atoms. The van der Waals surface area contributed by atoms with Crippen LogP contribution in [0.4, 0.5) is 0 Å². The molecule has 1 saturated heterocycles. The molecule has 114 valence electrons. The Hall–Kier alpha value is -0.870. The van der Waals surface area contributed by atoms with E-state index in [1.54, 1.807) is 0 Å². The van der Waals surface area contributed by atoms with E-state index < -0.39 is 0 Å². The van der Waals surface area contributed by atoms with E-state index in [1.165, 1.54) is 0 Å². The van der Waals surface area contributed by atoms with Crippen LogP contribution in [0.5, 0.6) is 0 Å². The van der Waals surface area contributed by atoms with Crippen LogP contribution < -0.4 is 5.32 Å². The molecule has 1 aromatic heterocycles. The maximum Gasteiger partial charge on any atom is 0.0946 e. The fourth-order valence-corrected chi connectivity index (χ4v) is 2.84. The summed E-state index contributed by atoms with van der Waals surface area (Å²) in [7, 11) is 0. The fourth-order valence-electron chi connectivity index (χ4n) is 2.84. The van der Waals surface area contributed by atoms with E-state index in [4.69, 9.17) is 4.74 Å². The van der Waals surface area contributed by atoms with Crippen LogP contribution >= 0.6 is 0 Å². The van der Waals surface area contributed by atoms with Crippen molar-refractivity contribution in [2.75, 3.05) is 6.61 Å². The average Bonchev–Trinajstić information content (AvgIpc) is 2.78. The summed E-state index contributed by atoms with van der Waals surface area (Å²) in [6.45, 7) is 13.1. The topological polar surface area (TPSA) is 39.1 Å². The summed E-state index contributed by atoms with van der Waals surface area (Å²) < 4.78 is 7.97. The van der Waals surface area contributed by atoms with Gasteiger partial charge in [0.25, 0.3) is 0 Å². The van der Waals surface area contributed by atoms with Gasteiger partial charge in [-0.25, -0.2) is 4.98 Å². The summed E-state index contributed by atoms with van der Waals surface area (Å²) in [5, 5.41) is 3.86. The third-order valence-electron chi connectivity index (χ3n) is 4.13. The smallest absolute Gasteiger partial charge is 0.0946 e. The molecule has 2 rings (SSSR count). The lowest BCUT2D eigenvalue weighted by molar-refractivity contribution is -0.0661. The minimum atomic E-state index is -0.00659.